The quantitative estimate of drug-likeness (QED) is 0.283. The van der Waals surface area contributed by atoms with Crippen molar-refractivity contribution >= 4 is 0 Å². The Labute approximate surface area is 197 Å². The third kappa shape index (κ3) is 7.85. The van der Waals surface area contributed by atoms with Gasteiger partial charge in [0, 0.05) is 19.6 Å². The summed E-state index contributed by atoms with van der Waals surface area (Å²) < 4.78 is 17.2. The topological polar surface area (TPSA) is 30.9 Å². The molecule has 33 heavy (non-hydrogen) atoms. The third-order valence-electron chi connectivity index (χ3n) is 5.27. The van der Waals surface area contributed by atoms with Crippen molar-refractivity contribution in [2.24, 2.45) is 0 Å². The van der Waals surface area contributed by atoms with E-state index in [0.29, 0.717) is 13.2 Å². The predicted octanol–water partition coefficient (Wildman–Crippen LogP) is 6.07. The van der Waals surface area contributed by atoms with Gasteiger partial charge in [0.25, 0.3) is 0 Å². The minimum Gasteiger partial charge on any atom is -0.493 e. The molecular formula is C29H33NO3. The van der Waals surface area contributed by atoms with Crippen LogP contribution in [0.4, 0.5) is 0 Å². The number of rotatable bonds is 14. The van der Waals surface area contributed by atoms with Gasteiger partial charge in [-0.2, -0.15) is 0 Å². The largest absolute Gasteiger partial charge is 0.493 e. The zero-order valence-electron chi connectivity index (χ0n) is 19.4. The lowest BCUT2D eigenvalue weighted by atomic mass is 10.1. The first kappa shape index (κ1) is 24.1. The molecule has 0 radical (unpaired) electrons. The van der Waals surface area contributed by atoms with E-state index in [9.17, 15) is 0 Å². The Bertz CT molecular complexity index is 999. The van der Waals surface area contributed by atoms with Gasteiger partial charge >= 0.3 is 0 Å². The van der Waals surface area contributed by atoms with Crippen LogP contribution in [-0.4, -0.2) is 31.7 Å². The number of nitrogens with zero attached hydrogens (tertiary/aromatic N) is 1. The molecular weight excluding hydrogens is 410 g/mol. The first-order chi connectivity index (χ1) is 16.2. The van der Waals surface area contributed by atoms with Crippen molar-refractivity contribution in [3.63, 3.8) is 0 Å². The molecule has 0 spiro atoms. The molecule has 3 aromatic rings. The van der Waals surface area contributed by atoms with Crippen molar-refractivity contribution in [2.75, 3.05) is 26.8 Å². The minimum absolute atomic E-state index is 0.510. The van der Waals surface area contributed by atoms with E-state index < -0.39 is 0 Å². The fourth-order valence-electron chi connectivity index (χ4n) is 3.54. The average Bonchev–Trinajstić information content (AvgIpc) is 2.86. The standard InChI is InChI=1S/C29H33NO3/c1-4-18-30(19-17-24-11-14-27(15-12-24)32-20-5-2)22-26-13-16-28(29(21-26)31-3)33-23-25-9-7-6-8-10-25/h4-16,21H,1-2,17-20,22-23H2,3H3. The van der Waals surface area contributed by atoms with Crippen LogP contribution in [0.2, 0.25) is 0 Å². The van der Waals surface area contributed by atoms with E-state index in [1.54, 1.807) is 13.2 Å². The molecule has 0 bridgehead atoms. The van der Waals surface area contributed by atoms with Crippen molar-refractivity contribution < 1.29 is 14.2 Å². The van der Waals surface area contributed by atoms with Gasteiger partial charge in [0.15, 0.2) is 11.5 Å². The fourth-order valence-corrected chi connectivity index (χ4v) is 3.54. The molecule has 0 saturated carbocycles. The average molecular weight is 444 g/mol. The Morgan fingerprint density at radius 3 is 2.24 bits per heavy atom. The van der Waals surface area contributed by atoms with Crippen LogP contribution in [-0.2, 0) is 19.6 Å². The minimum atomic E-state index is 0.510. The summed E-state index contributed by atoms with van der Waals surface area (Å²) in [5.41, 5.74) is 3.58. The van der Waals surface area contributed by atoms with E-state index in [1.807, 2.05) is 42.5 Å². The molecule has 0 aliphatic rings. The van der Waals surface area contributed by atoms with Gasteiger partial charge < -0.3 is 14.2 Å². The van der Waals surface area contributed by atoms with Gasteiger partial charge in [-0.05, 0) is 47.4 Å². The van der Waals surface area contributed by atoms with Crippen LogP contribution >= 0.6 is 0 Å². The van der Waals surface area contributed by atoms with Crippen LogP contribution in [0.1, 0.15) is 16.7 Å². The fraction of sp³-hybridized carbons (Fsp3) is 0.241. The van der Waals surface area contributed by atoms with E-state index in [-0.39, 0.29) is 0 Å². The van der Waals surface area contributed by atoms with Crippen molar-refractivity contribution in [3.8, 4) is 17.2 Å². The SMILES string of the molecule is C=CCOc1ccc(CCN(CC=C)Cc2ccc(OCc3ccccc3)c(OC)c2)cc1. The summed E-state index contributed by atoms with van der Waals surface area (Å²) in [6.45, 7) is 11.2. The molecule has 4 nitrogen and oxygen atoms in total. The summed E-state index contributed by atoms with van der Waals surface area (Å²) in [6.07, 6.45) is 4.64. The van der Waals surface area contributed by atoms with Gasteiger partial charge in [-0.25, -0.2) is 0 Å². The second-order valence-electron chi connectivity index (χ2n) is 7.78. The smallest absolute Gasteiger partial charge is 0.161 e. The lowest BCUT2D eigenvalue weighted by Gasteiger charge is -2.21. The van der Waals surface area contributed by atoms with Gasteiger partial charge in [-0.1, -0.05) is 67.3 Å². The molecule has 0 heterocycles. The Kier molecular flexibility index (Phi) is 9.62. The second-order valence-corrected chi connectivity index (χ2v) is 7.78. The molecule has 0 atom stereocenters. The van der Waals surface area contributed by atoms with E-state index in [2.05, 4.69) is 54.5 Å². The molecule has 0 aliphatic carbocycles. The van der Waals surface area contributed by atoms with Crippen LogP contribution in [0.5, 0.6) is 17.2 Å². The summed E-state index contributed by atoms with van der Waals surface area (Å²) in [5, 5.41) is 0. The molecule has 172 valence electrons. The van der Waals surface area contributed by atoms with Gasteiger partial charge in [-0.3, -0.25) is 4.90 Å². The summed E-state index contributed by atoms with van der Waals surface area (Å²) >= 11 is 0. The van der Waals surface area contributed by atoms with Crippen molar-refractivity contribution in [1.29, 1.82) is 0 Å². The molecule has 3 rings (SSSR count). The highest BCUT2D eigenvalue weighted by Gasteiger charge is 2.10. The van der Waals surface area contributed by atoms with Crippen LogP contribution in [0.3, 0.4) is 0 Å². The van der Waals surface area contributed by atoms with Crippen LogP contribution in [0.15, 0.2) is 98.1 Å². The third-order valence-corrected chi connectivity index (χ3v) is 5.27. The molecule has 0 fully saturated rings. The summed E-state index contributed by atoms with van der Waals surface area (Å²) in [7, 11) is 1.68. The Hall–Kier alpha value is -3.50. The molecule has 0 N–H and O–H groups in total. The predicted molar refractivity (Wildman–Crippen MR) is 135 cm³/mol. The number of ether oxygens (including phenoxy) is 3. The number of hydrogen-bond donors (Lipinski definition) is 0. The second kappa shape index (κ2) is 13.1. The van der Waals surface area contributed by atoms with E-state index in [1.165, 1.54) is 11.1 Å². The van der Waals surface area contributed by atoms with Gasteiger partial charge in [0.2, 0.25) is 0 Å². The summed E-state index contributed by atoms with van der Waals surface area (Å²) in [4.78, 5) is 2.37. The lowest BCUT2D eigenvalue weighted by Crippen LogP contribution is -2.25. The zero-order chi connectivity index (χ0) is 23.3. The highest BCUT2D eigenvalue weighted by molar-refractivity contribution is 5.43. The van der Waals surface area contributed by atoms with Crippen molar-refractivity contribution in [3.05, 3.63) is 115 Å². The van der Waals surface area contributed by atoms with Gasteiger partial charge in [-0.15, -0.1) is 6.58 Å². The number of methoxy groups -OCH3 is 1. The molecule has 0 amide bonds. The van der Waals surface area contributed by atoms with E-state index in [0.717, 1.165) is 48.9 Å². The summed E-state index contributed by atoms with van der Waals surface area (Å²) in [6, 6.07) is 24.5. The normalized spacial score (nSPS) is 10.6. The Morgan fingerprint density at radius 1 is 0.788 bits per heavy atom. The molecule has 4 heteroatoms. The maximum Gasteiger partial charge on any atom is 0.161 e. The lowest BCUT2D eigenvalue weighted by molar-refractivity contribution is 0.281. The van der Waals surface area contributed by atoms with Crippen LogP contribution in [0, 0.1) is 0 Å². The summed E-state index contributed by atoms with van der Waals surface area (Å²) in [5.74, 6) is 2.36. The Balaban J connectivity index is 1.58. The molecule has 0 aliphatic heterocycles. The van der Waals surface area contributed by atoms with Crippen LogP contribution in [0.25, 0.3) is 0 Å². The van der Waals surface area contributed by atoms with E-state index >= 15 is 0 Å². The van der Waals surface area contributed by atoms with Crippen molar-refractivity contribution in [1.82, 2.24) is 4.90 Å². The van der Waals surface area contributed by atoms with Gasteiger partial charge in [0.1, 0.15) is 19.0 Å². The molecule has 3 aromatic carbocycles. The maximum atomic E-state index is 5.99. The van der Waals surface area contributed by atoms with Crippen LogP contribution < -0.4 is 14.2 Å². The number of benzene rings is 3. The number of hydrogen-bond acceptors (Lipinski definition) is 4. The first-order valence-corrected chi connectivity index (χ1v) is 11.2. The zero-order valence-corrected chi connectivity index (χ0v) is 19.4. The van der Waals surface area contributed by atoms with E-state index in [4.69, 9.17) is 14.2 Å². The van der Waals surface area contributed by atoms with Crippen molar-refractivity contribution in [2.45, 2.75) is 19.6 Å². The first-order valence-electron chi connectivity index (χ1n) is 11.2. The molecule has 0 saturated heterocycles. The highest BCUT2D eigenvalue weighted by atomic mass is 16.5. The molecule has 0 unspecified atom stereocenters. The highest BCUT2D eigenvalue weighted by Crippen LogP contribution is 2.29. The van der Waals surface area contributed by atoms with Gasteiger partial charge in [0.05, 0.1) is 7.11 Å². The molecule has 0 aromatic heterocycles. The Morgan fingerprint density at radius 2 is 1.55 bits per heavy atom. The maximum absolute atomic E-state index is 5.99. The monoisotopic (exact) mass is 443 g/mol.